The van der Waals surface area contributed by atoms with E-state index < -0.39 is 11.6 Å². The number of likely N-dealkylation sites (tertiary alicyclic amines) is 1. The molecule has 1 saturated heterocycles. The summed E-state index contributed by atoms with van der Waals surface area (Å²) in [5, 5.41) is 14.4. The number of hydrogen-bond acceptors (Lipinski definition) is 5. The molecule has 3 aromatic carbocycles. The van der Waals surface area contributed by atoms with Crippen LogP contribution in [0, 0.1) is 13.8 Å². The zero-order valence-electron chi connectivity index (χ0n) is 23.9. The van der Waals surface area contributed by atoms with E-state index in [0.29, 0.717) is 13.1 Å². The second-order valence-corrected chi connectivity index (χ2v) is 11.2. The van der Waals surface area contributed by atoms with E-state index >= 15 is 0 Å². The van der Waals surface area contributed by atoms with E-state index in [1.165, 1.54) is 11.1 Å². The van der Waals surface area contributed by atoms with Crippen molar-refractivity contribution >= 4 is 11.6 Å². The van der Waals surface area contributed by atoms with Gasteiger partial charge in [0.1, 0.15) is 5.54 Å². The molecule has 1 atom stereocenters. The summed E-state index contributed by atoms with van der Waals surface area (Å²) < 4.78 is 0. The highest BCUT2D eigenvalue weighted by Gasteiger charge is 2.43. The Labute approximate surface area is 234 Å². The third-order valence-electron chi connectivity index (χ3n) is 8.12. The molecule has 1 aliphatic rings. The van der Waals surface area contributed by atoms with Crippen molar-refractivity contribution in [2.45, 2.75) is 51.4 Å². The van der Waals surface area contributed by atoms with Gasteiger partial charge >= 0.3 is 0 Å². The lowest BCUT2D eigenvalue weighted by Crippen LogP contribution is -2.60. The van der Waals surface area contributed by atoms with Gasteiger partial charge in [0.05, 0.1) is 6.10 Å². The second-order valence-electron chi connectivity index (χ2n) is 11.2. The van der Waals surface area contributed by atoms with Crippen LogP contribution in [0.25, 0.3) is 0 Å². The number of aliphatic hydroxyl groups excluding tert-OH is 1. The van der Waals surface area contributed by atoms with E-state index in [-0.39, 0.29) is 5.91 Å². The number of nitrogens with zero attached hydrogens (tertiary/aromatic N) is 3. The first-order valence-corrected chi connectivity index (χ1v) is 14.0. The van der Waals surface area contributed by atoms with Gasteiger partial charge in [-0.05, 0) is 63.0 Å². The molecular formula is C33H44N4O2. The molecule has 0 aromatic heterocycles. The molecule has 0 aliphatic carbocycles. The zero-order valence-corrected chi connectivity index (χ0v) is 23.9. The lowest BCUT2D eigenvalue weighted by molar-refractivity contribution is -0.129. The molecule has 0 saturated carbocycles. The molecule has 1 heterocycles. The van der Waals surface area contributed by atoms with Crippen LogP contribution in [0.3, 0.4) is 0 Å². The molecule has 2 N–H and O–H groups in total. The fraction of sp³-hybridized carbons (Fsp3) is 0.424. The molecule has 208 valence electrons. The number of likely N-dealkylation sites (N-methyl/N-ethyl adjacent to an activating group) is 1. The van der Waals surface area contributed by atoms with E-state index in [4.69, 9.17) is 0 Å². The monoisotopic (exact) mass is 528 g/mol. The van der Waals surface area contributed by atoms with Crippen molar-refractivity contribution in [3.05, 3.63) is 101 Å². The van der Waals surface area contributed by atoms with E-state index in [1.807, 2.05) is 58.3 Å². The van der Waals surface area contributed by atoms with Crippen molar-refractivity contribution in [2.75, 3.05) is 45.6 Å². The number of carbonyl (C=O) groups excluding carboxylic acids is 1. The standard InChI is InChI=1S/C33H44N4O2/c1-26-12-11-13-27(2)31(26)34-32(39)33(35(3)4)18-20-36(21-19-33)24-30(38)25-37(22-28-14-7-5-8-15-28)23-29-16-9-6-10-17-29/h5-17,30,38H,18-25H2,1-4H3,(H,34,39). The van der Waals surface area contributed by atoms with Gasteiger partial charge in [-0.25, -0.2) is 0 Å². The number of piperidine rings is 1. The Bertz CT molecular complexity index is 1130. The molecule has 0 radical (unpaired) electrons. The van der Waals surface area contributed by atoms with Crippen molar-refractivity contribution < 1.29 is 9.90 Å². The number of nitrogens with one attached hydrogen (secondary N) is 1. The minimum Gasteiger partial charge on any atom is -0.390 e. The number of anilines is 1. The summed E-state index contributed by atoms with van der Waals surface area (Å²) in [5.41, 5.74) is 4.98. The van der Waals surface area contributed by atoms with Gasteiger partial charge in [0.25, 0.3) is 0 Å². The summed E-state index contributed by atoms with van der Waals surface area (Å²) in [6, 6.07) is 27.0. The van der Waals surface area contributed by atoms with Crippen molar-refractivity contribution in [3.8, 4) is 0 Å². The number of hydrogen-bond donors (Lipinski definition) is 2. The predicted octanol–water partition coefficient (Wildman–Crippen LogP) is 4.70. The first kappa shape index (κ1) is 29.0. The average Bonchev–Trinajstić information content (AvgIpc) is 2.92. The van der Waals surface area contributed by atoms with Gasteiger partial charge in [-0.2, -0.15) is 0 Å². The lowest BCUT2D eigenvalue weighted by atomic mass is 9.84. The van der Waals surface area contributed by atoms with Crippen LogP contribution < -0.4 is 5.32 Å². The Balaban J connectivity index is 1.36. The van der Waals surface area contributed by atoms with Crippen LogP contribution in [-0.4, -0.2) is 77.6 Å². The molecule has 4 rings (SSSR count). The molecule has 3 aromatic rings. The Hall–Kier alpha value is -3.03. The highest BCUT2D eigenvalue weighted by molar-refractivity contribution is 5.99. The smallest absolute Gasteiger partial charge is 0.244 e. The Morgan fingerprint density at radius 1 is 0.872 bits per heavy atom. The normalized spacial score (nSPS) is 16.4. The highest BCUT2D eigenvalue weighted by atomic mass is 16.3. The maximum absolute atomic E-state index is 13.6. The maximum atomic E-state index is 13.6. The van der Waals surface area contributed by atoms with Crippen LogP contribution >= 0.6 is 0 Å². The van der Waals surface area contributed by atoms with Crippen LogP contribution in [0.1, 0.15) is 35.1 Å². The quantitative estimate of drug-likeness (QED) is 0.378. The SMILES string of the molecule is Cc1cccc(C)c1NC(=O)C1(N(C)C)CCN(CC(O)CN(Cc2ccccc2)Cc2ccccc2)CC1. The van der Waals surface area contributed by atoms with Crippen LogP contribution in [0.2, 0.25) is 0 Å². The first-order chi connectivity index (χ1) is 18.8. The number of amides is 1. The summed E-state index contributed by atoms with van der Waals surface area (Å²) in [4.78, 5) is 20.3. The minimum atomic E-state index is -0.567. The largest absolute Gasteiger partial charge is 0.390 e. The molecule has 6 heteroatoms. The van der Waals surface area contributed by atoms with E-state index in [1.54, 1.807) is 0 Å². The number of aryl methyl sites for hydroxylation is 2. The topological polar surface area (TPSA) is 59.1 Å². The van der Waals surface area contributed by atoms with Gasteiger partial charge in [-0.3, -0.25) is 14.6 Å². The number of β-amino-alcohol motifs (C(OH)–C–C–N with tert-alkyl or cyclic N) is 1. The van der Waals surface area contributed by atoms with E-state index in [0.717, 1.165) is 55.8 Å². The summed E-state index contributed by atoms with van der Waals surface area (Å²) >= 11 is 0. The number of benzene rings is 3. The molecule has 6 nitrogen and oxygen atoms in total. The number of para-hydroxylation sites is 1. The number of carbonyl (C=O) groups is 1. The summed E-state index contributed by atoms with van der Waals surface area (Å²) in [6.45, 7) is 8.37. The Kier molecular flexibility index (Phi) is 9.92. The van der Waals surface area contributed by atoms with Crippen molar-refractivity contribution in [3.63, 3.8) is 0 Å². The molecule has 0 bridgehead atoms. The Morgan fingerprint density at radius 3 is 1.87 bits per heavy atom. The zero-order chi connectivity index (χ0) is 27.8. The molecule has 1 fully saturated rings. The number of rotatable bonds is 11. The molecule has 1 aliphatic heterocycles. The van der Waals surface area contributed by atoms with Crippen molar-refractivity contribution in [2.24, 2.45) is 0 Å². The van der Waals surface area contributed by atoms with Gasteiger partial charge in [-0.1, -0.05) is 78.9 Å². The highest BCUT2D eigenvalue weighted by Crippen LogP contribution is 2.30. The van der Waals surface area contributed by atoms with Crippen molar-refractivity contribution in [1.82, 2.24) is 14.7 Å². The molecule has 39 heavy (non-hydrogen) atoms. The van der Waals surface area contributed by atoms with Gasteiger partial charge in [-0.15, -0.1) is 0 Å². The van der Waals surface area contributed by atoms with Gasteiger partial charge in [0.2, 0.25) is 5.91 Å². The van der Waals surface area contributed by atoms with Gasteiger partial charge in [0, 0.05) is 45.0 Å². The first-order valence-electron chi connectivity index (χ1n) is 14.0. The average molecular weight is 529 g/mol. The van der Waals surface area contributed by atoms with Crippen LogP contribution in [-0.2, 0) is 17.9 Å². The van der Waals surface area contributed by atoms with Crippen molar-refractivity contribution in [1.29, 1.82) is 0 Å². The molecule has 0 spiro atoms. The van der Waals surface area contributed by atoms with Crippen LogP contribution in [0.4, 0.5) is 5.69 Å². The Morgan fingerprint density at radius 2 is 1.38 bits per heavy atom. The fourth-order valence-electron chi connectivity index (χ4n) is 5.75. The van der Waals surface area contributed by atoms with E-state index in [9.17, 15) is 9.90 Å². The third kappa shape index (κ3) is 7.55. The second kappa shape index (κ2) is 13.4. The lowest BCUT2D eigenvalue weighted by Gasteiger charge is -2.45. The van der Waals surface area contributed by atoms with Gasteiger partial charge < -0.3 is 15.3 Å². The van der Waals surface area contributed by atoms with Crippen LogP contribution in [0.5, 0.6) is 0 Å². The summed E-state index contributed by atoms with van der Waals surface area (Å²) in [6.07, 6.45) is 0.968. The molecular weight excluding hydrogens is 484 g/mol. The summed E-state index contributed by atoms with van der Waals surface area (Å²) in [7, 11) is 4.00. The minimum absolute atomic E-state index is 0.0574. The maximum Gasteiger partial charge on any atom is 0.244 e. The molecule has 1 amide bonds. The fourth-order valence-corrected chi connectivity index (χ4v) is 5.75. The summed E-state index contributed by atoms with van der Waals surface area (Å²) in [5.74, 6) is 0.0574. The van der Waals surface area contributed by atoms with Crippen LogP contribution in [0.15, 0.2) is 78.9 Å². The van der Waals surface area contributed by atoms with Gasteiger partial charge in [0.15, 0.2) is 0 Å². The molecule has 1 unspecified atom stereocenters. The predicted molar refractivity (Wildman–Crippen MR) is 160 cm³/mol. The van der Waals surface area contributed by atoms with E-state index in [2.05, 4.69) is 68.5 Å². The number of aliphatic hydroxyl groups is 1. The third-order valence-corrected chi connectivity index (χ3v) is 8.12.